The molecule has 1 heterocycles. The fraction of sp³-hybridized carbons (Fsp3) is 0.600. The standard InChI is InChI=1S/C20H32N4O3/c1-3-19(26)24-11-10-17(13-24)23-20(21-4-2)22-12-18(25)15-27-14-16-8-6-5-7-9-16/h5-9,17-18,25H,3-4,10-15H2,1-2H3,(H2,21,22,23). The van der Waals surface area contributed by atoms with Gasteiger partial charge in [0.15, 0.2) is 5.96 Å². The lowest BCUT2D eigenvalue weighted by Gasteiger charge is -2.19. The number of ether oxygens (including phenoxy) is 1. The maximum atomic E-state index is 11.8. The van der Waals surface area contributed by atoms with E-state index in [1.165, 1.54) is 0 Å². The van der Waals surface area contributed by atoms with Crippen LogP contribution in [0.2, 0.25) is 0 Å². The number of carbonyl (C=O) groups is 1. The molecular weight excluding hydrogens is 344 g/mol. The van der Waals surface area contributed by atoms with E-state index in [0.717, 1.165) is 25.1 Å². The van der Waals surface area contributed by atoms with E-state index in [9.17, 15) is 9.90 Å². The molecule has 0 bridgehead atoms. The Hall–Kier alpha value is -2.12. The molecular formula is C20H32N4O3. The Morgan fingerprint density at radius 2 is 2.15 bits per heavy atom. The van der Waals surface area contributed by atoms with Gasteiger partial charge >= 0.3 is 0 Å². The van der Waals surface area contributed by atoms with Gasteiger partial charge in [-0.15, -0.1) is 0 Å². The summed E-state index contributed by atoms with van der Waals surface area (Å²) in [5, 5.41) is 16.7. The largest absolute Gasteiger partial charge is 0.389 e. The van der Waals surface area contributed by atoms with Crippen LogP contribution in [0.15, 0.2) is 35.3 Å². The molecule has 0 aromatic heterocycles. The van der Waals surface area contributed by atoms with Crippen molar-refractivity contribution in [3.8, 4) is 0 Å². The second-order valence-corrected chi connectivity index (χ2v) is 6.70. The predicted molar refractivity (Wildman–Crippen MR) is 106 cm³/mol. The van der Waals surface area contributed by atoms with E-state index in [2.05, 4.69) is 15.6 Å². The third-order valence-electron chi connectivity index (χ3n) is 4.41. The van der Waals surface area contributed by atoms with Gasteiger partial charge in [0.05, 0.1) is 25.9 Å². The van der Waals surface area contributed by atoms with E-state index < -0.39 is 6.10 Å². The highest BCUT2D eigenvalue weighted by Crippen LogP contribution is 2.10. The number of hydrogen-bond acceptors (Lipinski definition) is 4. The fourth-order valence-corrected chi connectivity index (χ4v) is 2.98. The Balaban J connectivity index is 1.74. The zero-order valence-electron chi connectivity index (χ0n) is 16.4. The van der Waals surface area contributed by atoms with Crippen molar-refractivity contribution in [2.45, 2.75) is 45.4 Å². The summed E-state index contributed by atoms with van der Waals surface area (Å²) >= 11 is 0. The van der Waals surface area contributed by atoms with Crippen molar-refractivity contribution in [1.29, 1.82) is 0 Å². The van der Waals surface area contributed by atoms with Gasteiger partial charge in [0.25, 0.3) is 0 Å². The van der Waals surface area contributed by atoms with E-state index in [4.69, 9.17) is 4.74 Å². The summed E-state index contributed by atoms with van der Waals surface area (Å²) in [5.41, 5.74) is 1.08. The van der Waals surface area contributed by atoms with Gasteiger partial charge in [-0.3, -0.25) is 9.79 Å². The first kappa shape index (κ1) is 21.2. The Kier molecular flexibility index (Phi) is 9.07. The summed E-state index contributed by atoms with van der Waals surface area (Å²) in [4.78, 5) is 18.1. The molecule has 1 aliphatic heterocycles. The average Bonchev–Trinajstić information content (AvgIpc) is 3.15. The number of nitrogens with one attached hydrogen (secondary N) is 2. The summed E-state index contributed by atoms with van der Waals surface area (Å²) in [6, 6.07) is 10.1. The van der Waals surface area contributed by atoms with E-state index in [1.54, 1.807) is 0 Å². The first-order valence-electron chi connectivity index (χ1n) is 9.74. The first-order chi connectivity index (χ1) is 13.1. The molecule has 7 heteroatoms. The molecule has 27 heavy (non-hydrogen) atoms. The molecule has 3 N–H and O–H groups in total. The van der Waals surface area contributed by atoms with Gasteiger partial charge in [0.2, 0.25) is 5.91 Å². The van der Waals surface area contributed by atoms with Crippen molar-refractivity contribution in [2.24, 2.45) is 4.99 Å². The minimum absolute atomic E-state index is 0.185. The third kappa shape index (κ3) is 7.56. The highest BCUT2D eigenvalue weighted by molar-refractivity contribution is 5.80. The predicted octanol–water partition coefficient (Wildman–Crippen LogP) is 1.13. The zero-order chi connectivity index (χ0) is 19.5. The number of guanidine groups is 1. The number of likely N-dealkylation sites (tertiary alicyclic amines) is 1. The quantitative estimate of drug-likeness (QED) is 0.444. The highest BCUT2D eigenvalue weighted by atomic mass is 16.5. The molecule has 1 aromatic rings. The topological polar surface area (TPSA) is 86.2 Å². The van der Waals surface area contributed by atoms with Crippen LogP contribution in [-0.4, -0.2) is 66.8 Å². The normalized spacial score (nSPS) is 18.4. The van der Waals surface area contributed by atoms with Gasteiger partial charge in [-0.05, 0) is 18.9 Å². The summed E-state index contributed by atoms with van der Waals surface area (Å²) in [6.45, 7) is 7.06. The van der Waals surface area contributed by atoms with Crippen LogP contribution in [0.5, 0.6) is 0 Å². The van der Waals surface area contributed by atoms with Gasteiger partial charge in [-0.2, -0.15) is 0 Å². The van der Waals surface area contributed by atoms with Crippen LogP contribution in [0.4, 0.5) is 0 Å². The number of nitrogens with zero attached hydrogens (tertiary/aromatic N) is 2. The fourth-order valence-electron chi connectivity index (χ4n) is 2.98. The number of hydrogen-bond donors (Lipinski definition) is 3. The molecule has 1 amide bonds. The molecule has 2 atom stereocenters. The molecule has 0 spiro atoms. The number of aliphatic hydroxyl groups is 1. The molecule has 0 aliphatic carbocycles. The molecule has 150 valence electrons. The van der Waals surface area contributed by atoms with E-state index >= 15 is 0 Å². The smallest absolute Gasteiger partial charge is 0.222 e. The van der Waals surface area contributed by atoms with Gasteiger partial charge in [0, 0.05) is 32.1 Å². The molecule has 7 nitrogen and oxygen atoms in total. The molecule has 2 unspecified atom stereocenters. The van der Waals surface area contributed by atoms with E-state index in [-0.39, 0.29) is 25.1 Å². The van der Waals surface area contributed by atoms with Crippen LogP contribution in [0.1, 0.15) is 32.3 Å². The minimum atomic E-state index is -0.661. The Bertz CT molecular complexity index is 594. The lowest BCUT2D eigenvalue weighted by molar-refractivity contribution is -0.129. The van der Waals surface area contributed by atoms with Crippen LogP contribution < -0.4 is 10.6 Å². The van der Waals surface area contributed by atoms with Crippen molar-refractivity contribution in [3.05, 3.63) is 35.9 Å². The summed E-state index contributed by atoms with van der Waals surface area (Å²) in [5.74, 6) is 0.850. The molecule has 2 rings (SSSR count). The number of aliphatic imine (C=N–C) groups is 1. The second-order valence-electron chi connectivity index (χ2n) is 6.70. The molecule has 1 aliphatic rings. The second kappa shape index (κ2) is 11.6. The van der Waals surface area contributed by atoms with Crippen molar-refractivity contribution in [3.63, 3.8) is 0 Å². The number of amides is 1. The average molecular weight is 377 g/mol. The number of aliphatic hydroxyl groups excluding tert-OH is 1. The summed E-state index contributed by atoms with van der Waals surface area (Å²) < 4.78 is 5.56. The highest BCUT2D eigenvalue weighted by Gasteiger charge is 2.25. The number of benzene rings is 1. The molecule has 1 fully saturated rings. The molecule has 0 saturated carbocycles. The van der Waals surface area contributed by atoms with Crippen molar-refractivity contribution < 1.29 is 14.6 Å². The monoisotopic (exact) mass is 376 g/mol. The summed E-state index contributed by atoms with van der Waals surface area (Å²) in [6.07, 6.45) is 0.778. The SMILES string of the molecule is CCNC(=NCC(O)COCc1ccccc1)NC1CCN(C(=O)CC)C1. The van der Waals surface area contributed by atoms with Crippen molar-refractivity contribution >= 4 is 11.9 Å². The van der Waals surface area contributed by atoms with E-state index in [1.807, 2.05) is 49.1 Å². The lowest BCUT2D eigenvalue weighted by atomic mass is 10.2. The molecule has 1 aromatic carbocycles. The van der Waals surface area contributed by atoms with Crippen molar-refractivity contribution in [1.82, 2.24) is 15.5 Å². The number of rotatable bonds is 9. The summed E-state index contributed by atoms with van der Waals surface area (Å²) in [7, 11) is 0. The van der Waals surface area contributed by atoms with Gasteiger partial charge in [0.1, 0.15) is 0 Å². The number of carbonyl (C=O) groups excluding carboxylic acids is 1. The minimum Gasteiger partial charge on any atom is -0.389 e. The lowest BCUT2D eigenvalue weighted by Crippen LogP contribution is -2.45. The zero-order valence-corrected chi connectivity index (χ0v) is 16.4. The van der Waals surface area contributed by atoms with Crippen LogP contribution in [0.25, 0.3) is 0 Å². The maximum Gasteiger partial charge on any atom is 0.222 e. The Morgan fingerprint density at radius 3 is 2.85 bits per heavy atom. The first-order valence-corrected chi connectivity index (χ1v) is 9.74. The van der Waals surface area contributed by atoms with Crippen LogP contribution in [0, 0.1) is 0 Å². The van der Waals surface area contributed by atoms with Gasteiger partial charge in [-0.25, -0.2) is 0 Å². The molecule has 1 saturated heterocycles. The van der Waals surface area contributed by atoms with Gasteiger partial charge < -0.3 is 25.4 Å². The van der Waals surface area contributed by atoms with Crippen LogP contribution in [-0.2, 0) is 16.1 Å². The Labute approximate surface area is 161 Å². The third-order valence-corrected chi connectivity index (χ3v) is 4.41. The van der Waals surface area contributed by atoms with E-state index in [0.29, 0.717) is 25.5 Å². The van der Waals surface area contributed by atoms with Crippen LogP contribution >= 0.6 is 0 Å². The maximum absolute atomic E-state index is 11.8. The van der Waals surface area contributed by atoms with Gasteiger partial charge in [-0.1, -0.05) is 37.3 Å². The Morgan fingerprint density at radius 1 is 1.37 bits per heavy atom. The molecule has 0 radical (unpaired) electrons. The van der Waals surface area contributed by atoms with Crippen LogP contribution in [0.3, 0.4) is 0 Å². The van der Waals surface area contributed by atoms with Crippen molar-refractivity contribution in [2.75, 3.05) is 32.8 Å².